The Kier molecular flexibility index (Phi) is 2.84. The third-order valence-corrected chi connectivity index (χ3v) is 2.93. The van der Waals surface area contributed by atoms with E-state index in [1.54, 1.807) is 0 Å². The Labute approximate surface area is 100 Å². The summed E-state index contributed by atoms with van der Waals surface area (Å²) in [4.78, 5) is 16.2. The van der Waals surface area contributed by atoms with Crippen LogP contribution in [0.25, 0.3) is 10.9 Å². The first-order chi connectivity index (χ1) is 8.05. The van der Waals surface area contributed by atoms with E-state index in [9.17, 15) is 4.79 Å². The zero-order valence-corrected chi connectivity index (χ0v) is 10.2. The first-order valence-electron chi connectivity index (χ1n) is 5.50. The Morgan fingerprint density at radius 2 is 1.88 bits per heavy atom. The summed E-state index contributed by atoms with van der Waals surface area (Å²) in [6.07, 6.45) is 0. The summed E-state index contributed by atoms with van der Waals surface area (Å²) in [5, 5.41) is 1.07. The molecule has 3 nitrogen and oxygen atoms in total. The molecular weight excluding hydrogens is 214 g/mol. The van der Waals surface area contributed by atoms with Crippen molar-refractivity contribution in [1.82, 2.24) is 4.98 Å². The van der Waals surface area contributed by atoms with E-state index in [-0.39, 0.29) is 5.97 Å². The lowest BCUT2D eigenvalue weighted by Crippen LogP contribution is -2.31. The van der Waals surface area contributed by atoms with Crippen molar-refractivity contribution in [2.24, 2.45) is 0 Å². The normalized spacial score (nSPS) is 11.5. The monoisotopic (exact) mass is 229 g/mol. The van der Waals surface area contributed by atoms with Gasteiger partial charge in [-0.05, 0) is 26.0 Å². The van der Waals surface area contributed by atoms with Crippen molar-refractivity contribution in [3.8, 4) is 0 Å². The second-order valence-corrected chi connectivity index (χ2v) is 4.51. The number of fused-ring (bicyclic) bond motifs is 1. The molecule has 2 aromatic rings. The van der Waals surface area contributed by atoms with E-state index in [1.165, 1.54) is 7.11 Å². The van der Waals surface area contributed by atoms with Crippen LogP contribution in [0, 0.1) is 0 Å². The Morgan fingerprint density at radius 1 is 1.18 bits per heavy atom. The zero-order chi connectivity index (χ0) is 12.5. The minimum Gasteiger partial charge on any atom is -0.468 e. The lowest BCUT2D eigenvalue weighted by molar-refractivity contribution is -0.146. The summed E-state index contributed by atoms with van der Waals surface area (Å²) in [5.41, 5.74) is 0.892. The van der Waals surface area contributed by atoms with E-state index < -0.39 is 5.41 Å². The lowest BCUT2D eigenvalue weighted by Gasteiger charge is -2.21. The topological polar surface area (TPSA) is 39.2 Å². The van der Waals surface area contributed by atoms with Crippen LogP contribution in [0.5, 0.6) is 0 Å². The molecule has 1 aromatic carbocycles. The Hall–Kier alpha value is -1.90. The van der Waals surface area contributed by atoms with Gasteiger partial charge >= 0.3 is 5.97 Å². The molecule has 0 aliphatic carbocycles. The summed E-state index contributed by atoms with van der Waals surface area (Å²) < 4.78 is 4.80. The number of para-hydroxylation sites is 1. The number of carbonyl (C=O) groups is 1. The van der Waals surface area contributed by atoms with Crippen molar-refractivity contribution in [1.29, 1.82) is 0 Å². The van der Waals surface area contributed by atoms with Crippen LogP contribution in [-0.2, 0) is 14.9 Å². The maximum Gasteiger partial charge on any atom is 0.317 e. The predicted molar refractivity (Wildman–Crippen MR) is 66.8 cm³/mol. The first kappa shape index (κ1) is 11.6. The van der Waals surface area contributed by atoms with Crippen LogP contribution in [0.1, 0.15) is 19.5 Å². The van der Waals surface area contributed by atoms with Gasteiger partial charge in [-0.15, -0.1) is 0 Å². The summed E-state index contributed by atoms with van der Waals surface area (Å²) >= 11 is 0. The number of carbonyl (C=O) groups excluding carboxylic acids is 1. The number of methoxy groups -OCH3 is 1. The summed E-state index contributed by atoms with van der Waals surface area (Å²) in [5.74, 6) is -0.278. The number of pyridine rings is 1. The van der Waals surface area contributed by atoms with Gasteiger partial charge in [-0.1, -0.05) is 24.3 Å². The molecule has 0 saturated heterocycles. The molecule has 1 heterocycles. The molecule has 0 bridgehead atoms. The number of hydrogen-bond donors (Lipinski definition) is 0. The molecule has 0 spiro atoms. The molecule has 2 rings (SSSR count). The van der Waals surface area contributed by atoms with Crippen molar-refractivity contribution < 1.29 is 9.53 Å². The van der Waals surface area contributed by atoms with E-state index in [0.29, 0.717) is 0 Å². The second-order valence-electron chi connectivity index (χ2n) is 4.51. The molecule has 0 aliphatic heterocycles. The van der Waals surface area contributed by atoms with Crippen molar-refractivity contribution in [2.45, 2.75) is 19.3 Å². The molecule has 3 heteroatoms. The van der Waals surface area contributed by atoms with Crippen molar-refractivity contribution >= 4 is 16.9 Å². The maximum absolute atomic E-state index is 11.7. The maximum atomic E-state index is 11.7. The van der Waals surface area contributed by atoms with Gasteiger partial charge in [0.05, 0.1) is 18.3 Å². The average molecular weight is 229 g/mol. The average Bonchev–Trinajstić information content (AvgIpc) is 2.37. The quantitative estimate of drug-likeness (QED) is 0.743. The first-order valence-corrected chi connectivity index (χ1v) is 5.50. The standard InChI is InChI=1S/C14H15NO2/c1-14(2,13(16)17-3)12-9-8-10-6-4-5-7-11(10)15-12/h4-9H,1-3H3. The minimum absolute atomic E-state index is 0.278. The van der Waals surface area contributed by atoms with Crippen LogP contribution in [0.2, 0.25) is 0 Å². The van der Waals surface area contributed by atoms with Crippen LogP contribution < -0.4 is 0 Å². The zero-order valence-electron chi connectivity index (χ0n) is 10.2. The van der Waals surface area contributed by atoms with E-state index in [2.05, 4.69) is 4.98 Å². The smallest absolute Gasteiger partial charge is 0.317 e. The molecule has 0 saturated carbocycles. The van der Waals surface area contributed by atoms with Crippen LogP contribution >= 0.6 is 0 Å². The van der Waals surface area contributed by atoms with Gasteiger partial charge in [0.25, 0.3) is 0 Å². The van der Waals surface area contributed by atoms with E-state index >= 15 is 0 Å². The number of aromatic nitrogens is 1. The third-order valence-electron chi connectivity index (χ3n) is 2.93. The van der Waals surface area contributed by atoms with Gasteiger partial charge in [0.15, 0.2) is 0 Å². The number of esters is 1. The van der Waals surface area contributed by atoms with Gasteiger partial charge in [0.2, 0.25) is 0 Å². The largest absolute Gasteiger partial charge is 0.468 e. The number of hydrogen-bond acceptors (Lipinski definition) is 3. The third kappa shape index (κ3) is 2.00. The molecule has 0 amide bonds. The van der Waals surface area contributed by atoms with Gasteiger partial charge in [0, 0.05) is 5.39 Å². The van der Waals surface area contributed by atoms with Gasteiger partial charge in [-0.25, -0.2) is 0 Å². The SMILES string of the molecule is COC(=O)C(C)(C)c1ccc2ccccc2n1. The van der Waals surface area contributed by atoms with Crippen molar-refractivity contribution in [3.05, 3.63) is 42.1 Å². The number of nitrogens with zero attached hydrogens (tertiary/aromatic N) is 1. The molecule has 88 valence electrons. The fraction of sp³-hybridized carbons (Fsp3) is 0.286. The molecule has 0 atom stereocenters. The fourth-order valence-electron chi connectivity index (χ4n) is 1.77. The highest BCUT2D eigenvalue weighted by Gasteiger charge is 2.32. The Bertz CT molecular complexity index is 561. The van der Waals surface area contributed by atoms with E-state index in [1.807, 2.05) is 50.2 Å². The minimum atomic E-state index is -0.723. The van der Waals surface area contributed by atoms with E-state index in [0.717, 1.165) is 16.6 Å². The summed E-state index contributed by atoms with van der Waals surface area (Å²) in [6.45, 7) is 3.63. The molecule has 1 aromatic heterocycles. The van der Waals surface area contributed by atoms with Gasteiger partial charge < -0.3 is 4.74 Å². The van der Waals surface area contributed by atoms with Crippen molar-refractivity contribution in [2.75, 3.05) is 7.11 Å². The van der Waals surface area contributed by atoms with Crippen molar-refractivity contribution in [3.63, 3.8) is 0 Å². The summed E-state index contributed by atoms with van der Waals surface area (Å²) in [7, 11) is 1.39. The number of benzene rings is 1. The van der Waals surface area contributed by atoms with Crippen LogP contribution in [-0.4, -0.2) is 18.1 Å². The second kappa shape index (κ2) is 4.17. The van der Waals surface area contributed by atoms with Gasteiger partial charge in [0.1, 0.15) is 5.41 Å². The highest BCUT2D eigenvalue weighted by Crippen LogP contribution is 2.24. The molecule has 0 unspecified atom stereocenters. The molecule has 0 N–H and O–H groups in total. The fourth-order valence-corrected chi connectivity index (χ4v) is 1.77. The Morgan fingerprint density at radius 3 is 2.59 bits per heavy atom. The molecular formula is C14H15NO2. The van der Waals surface area contributed by atoms with Crippen LogP contribution in [0.4, 0.5) is 0 Å². The lowest BCUT2D eigenvalue weighted by atomic mass is 9.88. The van der Waals surface area contributed by atoms with Gasteiger partial charge in [-0.2, -0.15) is 0 Å². The molecule has 0 aliphatic rings. The van der Waals surface area contributed by atoms with Gasteiger partial charge in [-0.3, -0.25) is 9.78 Å². The highest BCUT2D eigenvalue weighted by atomic mass is 16.5. The Balaban J connectivity index is 2.53. The molecule has 0 radical (unpaired) electrons. The van der Waals surface area contributed by atoms with Crippen LogP contribution in [0.15, 0.2) is 36.4 Å². The highest BCUT2D eigenvalue weighted by molar-refractivity contribution is 5.84. The molecule has 17 heavy (non-hydrogen) atoms. The number of rotatable bonds is 2. The van der Waals surface area contributed by atoms with Crippen LogP contribution in [0.3, 0.4) is 0 Å². The number of ether oxygens (including phenoxy) is 1. The summed E-state index contributed by atoms with van der Waals surface area (Å²) in [6, 6.07) is 11.7. The predicted octanol–water partition coefficient (Wildman–Crippen LogP) is 2.69. The molecule has 0 fully saturated rings. The van der Waals surface area contributed by atoms with E-state index in [4.69, 9.17) is 4.74 Å².